The van der Waals surface area contributed by atoms with Gasteiger partial charge in [-0.2, -0.15) is 0 Å². The lowest BCUT2D eigenvalue weighted by Gasteiger charge is -2.31. The number of hydrogen-bond donors (Lipinski definition) is 1. The van der Waals surface area contributed by atoms with Gasteiger partial charge >= 0.3 is 17.9 Å². The summed E-state index contributed by atoms with van der Waals surface area (Å²) >= 11 is 0. The number of ether oxygens (including phenoxy) is 3. The van der Waals surface area contributed by atoms with Crippen molar-refractivity contribution in [2.75, 3.05) is 41.0 Å². The van der Waals surface area contributed by atoms with E-state index in [1.165, 1.54) is 0 Å². The SMILES string of the molecule is CC/C=C/C=C/C=C/C=C/C=C/C=C/C=C/CCCCCC(=O)OCC(COCCC(C(=O)O)[N+](C)(C)C)OC(=O)CCC/C=C/C=C/C=C/C=C/C=C/CC. The van der Waals surface area contributed by atoms with E-state index in [-0.39, 0.29) is 49.5 Å². The fraction of sp³-hybridized carbons (Fsp3) is 0.438. The summed E-state index contributed by atoms with van der Waals surface area (Å²) in [7, 11) is 5.45. The van der Waals surface area contributed by atoms with Crippen molar-refractivity contribution in [2.24, 2.45) is 0 Å². The van der Waals surface area contributed by atoms with Crippen LogP contribution in [0.5, 0.6) is 0 Å². The fourth-order valence-corrected chi connectivity index (χ4v) is 4.75. The quantitative estimate of drug-likeness (QED) is 0.0315. The van der Waals surface area contributed by atoms with Crippen molar-refractivity contribution >= 4 is 17.9 Å². The van der Waals surface area contributed by atoms with Crippen molar-refractivity contribution in [1.29, 1.82) is 0 Å². The van der Waals surface area contributed by atoms with E-state index >= 15 is 0 Å². The molecule has 0 aromatic heterocycles. The number of hydrogen-bond acceptors (Lipinski definition) is 6. The highest BCUT2D eigenvalue weighted by atomic mass is 16.6. The molecule has 0 aromatic rings. The summed E-state index contributed by atoms with van der Waals surface area (Å²) < 4.78 is 17.1. The Morgan fingerprint density at radius 2 is 0.964 bits per heavy atom. The number of rotatable bonds is 32. The number of quaternary nitrogens is 1. The van der Waals surface area contributed by atoms with Crippen LogP contribution < -0.4 is 0 Å². The number of carbonyl (C=O) groups excluding carboxylic acids is 2. The van der Waals surface area contributed by atoms with E-state index < -0.39 is 24.1 Å². The monoisotopic (exact) mass is 773 g/mol. The third-order valence-corrected chi connectivity index (χ3v) is 7.81. The van der Waals surface area contributed by atoms with Gasteiger partial charge in [-0.1, -0.05) is 166 Å². The highest BCUT2D eigenvalue weighted by molar-refractivity contribution is 5.72. The lowest BCUT2D eigenvalue weighted by Crippen LogP contribution is -2.50. The Kier molecular flexibility index (Phi) is 34.0. The molecule has 0 radical (unpaired) electrons. The molecular formula is C48H70NO7+. The zero-order valence-corrected chi connectivity index (χ0v) is 34.8. The van der Waals surface area contributed by atoms with Crippen LogP contribution in [0.15, 0.2) is 146 Å². The van der Waals surface area contributed by atoms with Crippen LogP contribution in [0.4, 0.5) is 0 Å². The van der Waals surface area contributed by atoms with E-state index in [9.17, 15) is 19.5 Å². The van der Waals surface area contributed by atoms with E-state index in [2.05, 4.69) is 32.1 Å². The molecule has 2 atom stereocenters. The first-order valence-corrected chi connectivity index (χ1v) is 20.0. The number of unbranched alkanes of at least 4 members (excludes halogenated alkanes) is 4. The molecule has 0 fully saturated rings. The third kappa shape index (κ3) is 34.9. The maximum Gasteiger partial charge on any atom is 0.362 e. The number of esters is 2. The summed E-state index contributed by atoms with van der Waals surface area (Å²) in [5.41, 5.74) is 0. The molecule has 0 rings (SSSR count). The highest BCUT2D eigenvalue weighted by Crippen LogP contribution is 2.10. The van der Waals surface area contributed by atoms with Crippen molar-refractivity contribution in [3.8, 4) is 0 Å². The molecule has 0 saturated heterocycles. The van der Waals surface area contributed by atoms with Crippen molar-refractivity contribution in [1.82, 2.24) is 0 Å². The Labute approximate surface area is 338 Å². The zero-order valence-electron chi connectivity index (χ0n) is 34.8. The van der Waals surface area contributed by atoms with Gasteiger partial charge in [-0.05, 0) is 44.9 Å². The maximum atomic E-state index is 12.6. The Morgan fingerprint density at radius 3 is 1.41 bits per heavy atom. The molecule has 0 spiro atoms. The average molecular weight is 773 g/mol. The second-order valence-corrected chi connectivity index (χ2v) is 13.7. The molecule has 0 aromatic carbocycles. The summed E-state index contributed by atoms with van der Waals surface area (Å²) in [5.74, 6) is -1.65. The van der Waals surface area contributed by atoms with Gasteiger partial charge in [-0.25, -0.2) is 4.79 Å². The van der Waals surface area contributed by atoms with Crippen LogP contribution in [0.3, 0.4) is 0 Å². The van der Waals surface area contributed by atoms with Gasteiger partial charge in [0.25, 0.3) is 0 Å². The van der Waals surface area contributed by atoms with E-state index in [4.69, 9.17) is 14.2 Å². The van der Waals surface area contributed by atoms with Crippen LogP contribution in [0.1, 0.15) is 84.5 Å². The van der Waals surface area contributed by atoms with Gasteiger partial charge in [0, 0.05) is 19.3 Å². The molecule has 0 saturated carbocycles. The lowest BCUT2D eigenvalue weighted by molar-refractivity contribution is -0.887. The molecule has 0 heterocycles. The Morgan fingerprint density at radius 1 is 0.536 bits per heavy atom. The third-order valence-electron chi connectivity index (χ3n) is 7.81. The largest absolute Gasteiger partial charge is 0.477 e. The maximum absolute atomic E-state index is 12.6. The molecule has 56 heavy (non-hydrogen) atoms. The average Bonchev–Trinajstić information content (AvgIpc) is 3.15. The van der Waals surface area contributed by atoms with Gasteiger partial charge in [0.1, 0.15) is 6.61 Å². The molecule has 8 heteroatoms. The number of likely N-dealkylation sites (N-methyl/N-ethyl adjacent to an activating group) is 1. The first kappa shape index (κ1) is 51.2. The van der Waals surface area contributed by atoms with Crippen molar-refractivity contribution in [3.05, 3.63) is 146 Å². The number of carboxylic acid groups (broad SMARTS) is 1. The summed E-state index contributed by atoms with van der Waals surface area (Å²) in [6, 6.07) is -0.645. The van der Waals surface area contributed by atoms with E-state index in [0.717, 1.165) is 32.1 Å². The minimum atomic E-state index is -0.903. The Hall–Kier alpha value is -4.79. The van der Waals surface area contributed by atoms with Gasteiger partial charge in [0.2, 0.25) is 0 Å². The van der Waals surface area contributed by atoms with Crippen LogP contribution in [0, 0.1) is 0 Å². The number of nitrogens with zero attached hydrogens (tertiary/aromatic N) is 1. The van der Waals surface area contributed by atoms with Gasteiger partial charge in [-0.15, -0.1) is 0 Å². The summed E-state index contributed by atoms with van der Waals surface area (Å²) in [5, 5.41) is 9.60. The molecular weight excluding hydrogens is 703 g/mol. The summed E-state index contributed by atoms with van der Waals surface area (Å²) in [4.78, 5) is 36.8. The second kappa shape index (κ2) is 37.1. The second-order valence-electron chi connectivity index (χ2n) is 13.7. The van der Waals surface area contributed by atoms with E-state index in [0.29, 0.717) is 19.3 Å². The molecule has 0 aliphatic carbocycles. The van der Waals surface area contributed by atoms with Crippen LogP contribution in [0.2, 0.25) is 0 Å². The topological polar surface area (TPSA) is 99.1 Å². The van der Waals surface area contributed by atoms with Crippen molar-refractivity contribution in [3.63, 3.8) is 0 Å². The Balaban J connectivity index is 4.64. The first-order chi connectivity index (χ1) is 27.1. The Bertz CT molecular complexity index is 1410. The molecule has 8 nitrogen and oxygen atoms in total. The molecule has 1 N–H and O–H groups in total. The minimum absolute atomic E-state index is 0.00462. The summed E-state index contributed by atoms with van der Waals surface area (Å²) in [6.07, 6.45) is 54.7. The van der Waals surface area contributed by atoms with E-state index in [1.807, 2.05) is 149 Å². The first-order valence-electron chi connectivity index (χ1n) is 20.0. The van der Waals surface area contributed by atoms with E-state index in [1.54, 1.807) is 0 Å². The lowest BCUT2D eigenvalue weighted by atomic mass is 10.1. The van der Waals surface area contributed by atoms with Crippen LogP contribution in [-0.4, -0.2) is 80.6 Å². The molecule has 308 valence electrons. The summed E-state index contributed by atoms with van der Waals surface area (Å²) in [6.45, 7) is 4.26. The normalized spacial score (nSPS) is 14.5. The van der Waals surface area contributed by atoms with Gasteiger partial charge in [0.15, 0.2) is 12.1 Å². The standard InChI is InChI=1S/C48H69NO7/c1-6-8-10-12-14-16-18-20-21-22-23-24-25-27-28-30-32-34-36-38-46(50)55-43-44(42-54-41-40-45(48(52)53)49(3,4)5)56-47(51)39-37-35-33-31-29-26-19-17-15-13-11-9-7-2/h8-29,31,33,44-45H,6-7,30,32,34-43H2,1-5H3/p+1/b10-8+,11-9+,14-12+,15-13+,18-16+,19-17+,21-20+,23-22+,25-24+,28-27+,29-26+,33-31+. The van der Waals surface area contributed by atoms with Crippen LogP contribution >= 0.6 is 0 Å². The van der Waals surface area contributed by atoms with Crippen LogP contribution in [0.25, 0.3) is 0 Å². The van der Waals surface area contributed by atoms with Crippen LogP contribution in [-0.2, 0) is 28.6 Å². The highest BCUT2D eigenvalue weighted by Gasteiger charge is 2.31. The van der Waals surface area contributed by atoms with Gasteiger partial charge in [-0.3, -0.25) is 9.59 Å². The predicted octanol–water partition coefficient (Wildman–Crippen LogP) is 10.6. The van der Waals surface area contributed by atoms with Crippen molar-refractivity contribution < 1.29 is 38.2 Å². The number of allylic oxidation sites excluding steroid dienone is 24. The molecule has 0 bridgehead atoms. The number of aliphatic carboxylic acids is 1. The predicted molar refractivity (Wildman–Crippen MR) is 233 cm³/mol. The fourth-order valence-electron chi connectivity index (χ4n) is 4.75. The zero-order chi connectivity index (χ0) is 41.4. The molecule has 0 amide bonds. The van der Waals surface area contributed by atoms with Crippen molar-refractivity contribution in [2.45, 2.75) is 96.6 Å². The van der Waals surface area contributed by atoms with Gasteiger partial charge < -0.3 is 23.8 Å². The molecule has 0 aliphatic rings. The number of carbonyl (C=O) groups is 3. The number of carboxylic acids is 1. The smallest absolute Gasteiger partial charge is 0.362 e. The molecule has 2 unspecified atom stereocenters. The molecule has 0 aliphatic heterocycles. The van der Waals surface area contributed by atoms with Gasteiger partial charge in [0.05, 0.1) is 34.4 Å². The minimum Gasteiger partial charge on any atom is -0.477 e.